The van der Waals surface area contributed by atoms with Gasteiger partial charge in [-0.2, -0.15) is 20.3 Å². The van der Waals surface area contributed by atoms with Crippen molar-refractivity contribution in [2.24, 2.45) is 0 Å². The minimum atomic E-state index is -0.634. The van der Waals surface area contributed by atoms with Crippen molar-refractivity contribution in [2.45, 2.75) is 32.4 Å². The molecule has 1 aromatic heterocycles. The minimum absolute atomic E-state index is 0.0596. The van der Waals surface area contributed by atoms with Crippen molar-refractivity contribution in [2.75, 3.05) is 18.0 Å². The predicted molar refractivity (Wildman–Crippen MR) is 129 cm³/mol. The molecular formula is C25H24FN7O3. The van der Waals surface area contributed by atoms with Crippen LogP contribution in [0, 0.1) is 22.6 Å². The first-order chi connectivity index (χ1) is 17.2. The Hall–Kier alpha value is -4.59. The maximum absolute atomic E-state index is 14.9. The van der Waals surface area contributed by atoms with Gasteiger partial charge in [0.1, 0.15) is 17.6 Å². The molecule has 1 aliphatic heterocycles. The Bertz CT molecular complexity index is 1360. The van der Waals surface area contributed by atoms with Gasteiger partial charge in [-0.1, -0.05) is 12.1 Å². The molecule has 3 aromatic rings. The van der Waals surface area contributed by atoms with Crippen molar-refractivity contribution < 1.29 is 18.7 Å². The number of nitriles is 1. The topological polar surface area (TPSA) is 137 Å². The van der Waals surface area contributed by atoms with E-state index < -0.39 is 18.0 Å². The van der Waals surface area contributed by atoms with Gasteiger partial charge in [0.25, 0.3) is 0 Å². The molecular weight excluding hydrogens is 465 g/mol. The number of hydrogen-bond acceptors (Lipinski definition) is 7. The Morgan fingerprint density at radius 2 is 2.17 bits per heavy atom. The van der Waals surface area contributed by atoms with Gasteiger partial charge in [0, 0.05) is 30.2 Å². The summed E-state index contributed by atoms with van der Waals surface area (Å²) in [5, 5.41) is 28.8. The number of rotatable bonds is 8. The van der Waals surface area contributed by atoms with Crippen molar-refractivity contribution in [1.29, 1.82) is 10.7 Å². The van der Waals surface area contributed by atoms with Gasteiger partial charge < -0.3 is 15.5 Å². The van der Waals surface area contributed by atoms with E-state index in [4.69, 9.17) is 15.4 Å². The summed E-state index contributed by atoms with van der Waals surface area (Å²) in [7, 11) is 0. The third-order valence-corrected chi connectivity index (χ3v) is 5.73. The number of hydrogen-bond donors (Lipinski definition) is 2. The van der Waals surface area contributed by atoms with Crippen molar-refractivity contribution in [3.8, 4) is 17.3 Å². The van der Waals surface area contributed by atoms with Gasteiger partial charge in [0.2, 0.25) is 5.91 Å². The van der Waals surface area contributed by atoms with Crippen LogP contribution in [0.4, 0.5) is 14.9 Å². The second-order valence-electron chi connectivity index (χ2n) is 8.49. The Morgan fingerprint density at radius 1 is 1.36 bits per heavy atom. The second-order valence-corrected chi connectivity index (χ2v) is 8.49. The number of nitrogens with one attached hydrogen (secondary N) is 2. The molecule has 0 unspecified atom stereocenters. The standard InChI is InChI=1S/C25H24FN7O3/c1-15(33-30-13-24(31-33)18-5-3-4-17(9-18)11-27)8-23(28)21-7-6-19(10-22(21)26)32-14-20(36-25(32)35)12-29-16(2)34/h3-7,9-10,13,15,20,28H,8,12,14H2,1-2H3,(H,29,34)/t15-,20-/m0/s1. The van der Waals surface area contributed by atoms with Crippen LogP contribution in [0.3, 0.4) is 0 Å². The van der Waals surface area contributed by atoms with E-state index >= 15 is 0 Å². The third kappa shape index (κ3) is 5.38. The number of carbonyl (C=O) groups is 2. The summed E-state index contributed by atoms with van der Waals surface area (Å²) in [5.74, 6) is -0.868. The Labute approximate surface area is 206 Å². The van der Waals surface area contributed by atoms with E-state index in [1.54, 1.807) is 30.5 Å². The fourth-order valence-electron chi connectivity index (χ4n) is 3.87. The zero-order valence-corrected chi connectivity index (χ0v) is 19.7. The molecule has 2 amide bonds. The van der Waals surface area contributed by atoms with Gasteiger partial charge >= 0.3 is 6.09 Å². The Morgan fingerprint density at radius 3 is 2.89 bits per heavy atom. The molecule has 36 heavy (non-hydrogen) atoms. The minimum Gasteiger partial charge on any atom is -0.442 e. The van der Waals surface area contributed by atoms with E-state index in [9.17, 15) is 14.0 Å². The van der Waals surface area contributed by atoms with Crippen LogP contribution in [0.2, 0.25) is 0 Å². The molecule has 0 spiro atoms. The van der Waals surface area contributed by atoms with E-state index in [0.29, 0.717) is 16.9 Å². The smallest absolute Gasteiger partial charge is 0.414 e. The van der Waals surface area contributed by atoms with E-state index in [1.807, 2.05) is 13.0 Å². The molecule has 10 nitrogen and oxygen atoms in total. The van der Waals surface area contributed by atoms with Crippen molar-refractivity contribution in [3.05, 3.63) is 65.6 Å². The van der Waals surface area contributed by atoms with Crippen LogP contribution < -0.4 is 10.2 Å². The molecule has 4 rings (SSSR count). The van der Waals surface area contributed by atoms with Gasteiger partial charge in [-0.15, -0.1) is 0 Å². The van der Waals surface area contributed by atoms with Crippen LogP contribution in [0.15, 0.2) is 48.7 Å². The molecule has 1 aliphatic rings. The summed E-state index contributed by atoms with van der Waals surface area (Å²) < 4.78 is 20.2. The van der Waals surface area contributed by atoms with Crippen LogP contribution in [0.1, 0.15) is 37.4 Å². The van der Waals surface area contributed by atoms with E-state index in [2.05, 4.69) is 21.6 Å². The number of nitrogens with zero attached hydrogens (tertiary/aromatic N) is 5. The summed E-state index contributed by atoms with van der Waals surface area (Å²) in [6.07, 6.45) is 0.604. The molecule has 2 atom stereocenters. The van der Waals surface area contributed by atoms with Crippen LogP contribution in [0.25, 0.3) is 11.3 Å². The number of cyclic esters (lactones) is 1. The maximum Gasteiger partial charge on any atom is 0.414 e. The first-order valence-electron chi connectivity index (χ1n) is 11.3. The lowest BCUT2D eigenvalue weighted by molar-refractivity contribution is -0.119. The Balaban J connectivity index is 1.42. The van der Waals surface area contributed by atoms with Crippen molar-refractivity contribution >= 4 is 23.4 Å². The number of halogens is 1. The normalized spacial score (nSPS) is 15.8. The molecule has 0 aliphatic carbocycles. The van der Waals surface area contributed by atoms with Gasteiger partial charge in [-0.3, -0.25) is 9.69 Å². The van der Waals surface area contributed by atoms with Crippen LogP contribution in [-0.4, -0.2) is 51.9 Å². The lowest BCUT2D eigenvalue weighted by Gasteiger charge is -2.16. The summed E-state index contributed by atoms with van der Waals surface area (Å²) in [5.41, 5.74) is 2.34. The number of anilines is 1. The van der Waals surface area contributed by atoms with E-state index in [0.717, 1.165) is 5.56 Å². The zero-order chi connectivity index (χ0) is 25.8. The summed E-state index contributed by atoms with van der Waals surface area (Å²) in [6, 6.07) is 13.0. The fraction of sp³-hybridized carbons (Fsp3) is 0.280. The molecule has 2 heterocycles. The highest BCUT2D eigenvalue weighted by atomic mass is 19.1. The number of ether oxygens (including phenoxy) is 1. The first kappa shape index (κ1) is 24.5. The highest BCUT2D eigenvalue weighted by molar-refractivity contribution is 5.99. The number of aromatic nitrogens is 3. The van der Waals surface area contributed by atoms with Crippen molar-refractivity contribution in [1.82, 2.24) is 20.3 Å². The quantitative estimate of drug-likeness (QED) is 0.465. The highest BCUT2D eigenvalue weighted by Gasteiger charge is 2.33. The summed E-state index contributed by atoms with van der Waals surface area (Å²) in [6.45, 7) is 3.55. The molecule has 0 saturated carbocycles. The molecule has 2 N–H and O–H groups in total. The molecule has 1 fully saturated rings. The predicted octanol–water partition coefficient (Wildman–Crippen LogP) is 3.44. The Kier molecular flexibility index (Phi) is 7.05. The molecule has 0 radical (unpaired) electrons. The molecule has 11 heteroatoms. The number of amides is 2. The van der Waals surface area contributed by atoms with Crippen LogP contribution in [0.5, 0.6) is 0 Å². The van der Waals surface area contributed by atoms with Gasteiger partial charge in [-0.05, 0) is 37.3 Å². The zero-order valence-electron chi connectivity index (χ0n) is 19.7. The first-order valence-corrected chi connectivity index (χ1v) is 11.3. The molecule has 2 aromatic carbocycles. The molecule has 184 valence electrons. The number of carbonyl (C=O) groups excluding carboxylic acids is 2. The fourth-order valence-corrected chi connectivity index (χ4v) is 3.87. The third-order valence-electron chi connectivity index (χ3n) is 5.73. The van der Waals surface area contributed by atoms with Crippen molar-refractivity contribution in [3.63, 3.8) is 0 Å². The average molecular weight is 490 g/mol. The van der Waals surface area contributed by atoms with E-state index in [-0.39, 0.29) is 42.7 Å². The largest absolute Gasteiger partial charge is 0.442 e. The number of benzene rings is 2. The molecule has 1 saturated heterocycles. The van der Waals surface area contributed by atoms with Gasteiger partial charge in [0.05, 0.1) is 42.6 Å². The monoisotopic (exact) mass is 489 g/mol. The highest BCUT2D eigenvalue weighted by Crippen LogP contribution is 2.26. The van der Waals surface area contributed by atoms with Gasteiger partial charge in [-0.25, -0.2) is 9.18 Å². The summed E-state index contributed by atoms with van der Waals surface area (Å²) in [4.78, 5) is 26.0. The van der Waals surface area contributed by atoms with Crippen LogP contribution >= 0.6 is 0 Å². The van der Waals surface area contributed by atoms with Crippen LogP contribution in [-0.2, 0) is 9.53 Å². The average Bonchev–Trinajstić information content (AvgIpc) is 3.50. The maximum atomic E-state index is 14.9. The lowest BCUT2D eigenvalue weighted by Crippen LogP contribution is -2.33. The van der Waals surface area contributed by atoms with Gasteiger partial charge in [0.15, 0.2) is 0 Å². The SMILES string of the molecule is CC(=O)NC[C@H]1CN(c2ccc(C(=N)C[C@H](C)n3ncc(-c4cccc(C#N)c4)n3)c(F)c2)C(=O)O1. The summed E-state index contributed by atoms with van der Waals surface area (Å²) >= 11 is 0. The second kappa shape index (κ2) is 10.4. The lowest BCUT2D eigenvalue weighted by atomic mass is 10.0. The van der Waals surface area contributed by atoms with E-state index in [1.165, 1.54) is 28.8 Å². The molecule has 0 bridgehead atoms.